The van der Waals surface area contributed by atoms with Gasteiger partial charge in [0.05, 0.1) is 4.90 Å². The van der Waals surface area contributed by atoms with Crippen molar-refractivity contribution in [2.75, 3.05) is 19.8 Å². The predicted octanol–water partition coefficient (Wildman–Crippen LogP) is 0.991. The second kappa shape index (κ2) is 6.77. The number of hydrogen-bond acceptors (Lipinski definition) is 5. The highest BCUT2D eigenvalue weighted by Crippen LogP contribution is 2.32. The lowest BCUT2D eigenvalue weighted by Gasteiger charge is -2.18. The molecular formula is C13H17NO6S. The maximum atomic E-state index is 12.1. The van der Waals surface area contributed by atoms with Gasteiger partial charge in [-0.25, -0.2) is 13.1 Å². The zero-order valence-corrected chi connectivity index (χ0v) is 12.2. The van der Waals surface area contributed by atoms with Crippen LogP contribution in [0.5, 0.6) is 11.5 Å². The van der Waals surface area contributed by atoms with Crippen molar-refractivity contribution in [3.8, 4) is 11.5 Å². The Morgan fingerprint density at radius 3 is 2.62 bits per heavy atom. The van der Waals surface area contributed by atoms with Gasteiger partial charge >= 0.3 is 5.97 Å². The Labute approximate surface area is 122 Å². The largest absolute Gasteiger partial charge is 0.486 e. The molecule has 7 nitrogen and oxygen atoms in total. The molecule has 0 aliphatic carbocycles. The second-order valence-corrected chi connectivity index (χ2v) is 6.32. The second-order valence-electron chi connectivity index (χ2n) is 4.55. The number of carbonyl (C=O) groups is 1. The van der Waals surface area contributed by atoms with Crippen LogP contribution in [0.2, 0.25) is 0 Å². The van der Waals surface area contributed by atoms with E-state index in [-0.39, 0.29) is 17.9 Å². The third-order valence-corrected chi connectivity index (χ3v) is 4.39. The van der Waals surface area contributed by atoms with E-state index in [4.69, 9.17) is 14.6 Å². The zero-order valence-electron chi connectivity index (χ0n) is 11.4. The number of fused-ring (bicyclic) bond motifs is 1. The molecule has 2 rings (SSSR count). The van der Waals surface area contributed by atoms with Gasteiger partial charge in [0.2, 0.25) is 10.0 Å². The van der Waals surface area contributed by atoms with Gasteiger partial charge in [-0.2, -0.15) is 0 Å². The normalized spacial score (nSPS) is 13.9. The van der Waals surface area contributed by atoms with Crippen molar-refractivity contribution in [1.82, 2.24) is 4.72 Å². The highest BCUT2D eigenvalue weighted by molar-refractivity contribution is 7.89. The van der Waals surface area contributed by atoms with Crippen LogP contribution in [-0.4, -0.2) is 39.3 Å². The van der Waals surface area contributed by atoms with Crippen LogP contribution in [0, 0.1) is 0 Å². The number of carboxylic acid groups (broad SMARTS) is 1. The number of hydrogen-bond donors (Lipinski definition) is 2. The first-order valence-electron chi connectivity index (χ1n) is 6.60. The fraction of sp³-hybridized carbons (Fsp3) is 0.462. The molecule has 8 heteroatoms. The van der Waals surface area contributed by atoms with Gasteiger partial charge in [0, 0.05) is 19.0 Å². The maximum absolute atomic E-state index is 12.1. The van der Waals surface area contributed by atoms with Crippen molar-refractivity contribution >= 4 is 16.0 Å². The topological polar surface area (TPSA) is 102 Å². The van der Waals surface area contributed by atoms with Gasteiger partial charge in [-0.3, -0.25) is 4.79 Å². The molecule has 0 bridgehead atoms. The molecule has 21 heavy (non-hydrogen) atoms. The van der Waals surface area contributed by atoms with Gasteiger partial charge in [-0.05, 0) is 25.0 Å². The minimum absolute atomic E-state index is 0.0335. The summed E-state index contributed by atoms with van der Waals surface area (Å²) in [6.07, 6.45) is 0.931. The Hall–Kier alpha value is -1.80. The zero-order chi connectivity index (χ0) is 15.3. The molecule has 1 aromatic carbocycles. The van der Waals surface area contributed by atoms with Gasteiger partial charge in [0.1, 0.15) is 13.2 Å². The summed E-state index contributed by atoms with van der Waals surface area (Å²) < 4.78 is 37.3. The van der Waals surface area contributed by atoms with Gasteiger partial charge in [0.15, 0.2) is 11.5 Å². The monoisotopic (exact) mass is 315 g/mol. The summed E-state index contributed by atoms with van der Waals surface area (Å²) in [5.74, 6) is 0.0568. The molecule has 1 aliphatic heterocycles. The Balaban J connectivity index is 1.94. The summed E-state index contributed by atoms with van der Waals surface area (Å²) in [6, 6.07) is 4.44. The fourth-order valence-electron chi connectivity index (χ4n) is 1.88. The van der Waals surface area contributed by atoms with Crippen molar-refractivity contribution in [2.45, 2.75) is 24.2 Å². The summed E-state index contributed by atoms with van der Waals surface area (Å²) >= 11 is 0. The van der Waals surface area contributed by atoms with E-state index >= 15 is 0 Å². The molecule has 1 aromatic rings. The van der Waals surface area contributed by atoms with Crippen LogP contribution in [-0.2, 0) is 14.8 Å². The van der Waals surface area contributed by atoms with Crippen LogP contribution in [0.1, 0.15) is 19.3 Å². The highest BCUT2D eigenvalue weighted by Gasteiger charge is 2.18. The van der Waals surface area contributed by atoms with E-state index in [1.54, 1.807) is 6.07 Å². The third-order valence-electron chi connectivity index (χ3n) is 2.93. The minimum atomic E-state index is -3.63. The average molecular weight is 315 g/mol. The summed E-state index contributed by atoms with van der Waals surface area (Å²) in [6.45, 7) is 1.03. The fourth-order valence-corrected chi connectivity index (χ4v) is 2.97. The lowest BCUT2D eigenvalue weighted by Crippen LogP contribution is -2.25. The van der Waals surface area contributed by atoms with E-state index in [9.17, 15) is 13.2 Å². The SMILES string of the molecule is O=C(O)CCCCNS(=O)(=O)c1ccc2c(c1)OCCO2. The van der Waals surface area contributed by atoms with Crippen molar-refractivity contribution in [2.24, 2.45) is 0 Å². The van der Waals surface area contributed by atoms with Crippen molar-refractivity contribution < 1.29 is 27.8 Å². The number of nitrogens with one attached hydrogen (secondary N) is 1. The Morgan fingerprint density at radius 2 is 1.90 bits per heavy atom. The van der Waals surface area contributed by atoms with Crippen LogP contribution in [0.15, 0.2) is 23.1 Å². The minimum Gasteiger partial charge on any atom is -0.486 e. The Bertz CT molecular complexity index is 613. The van der Waals surface area contributed by atoms with E-state index in [0.29, 0.717) is 37.6 Å². The quantitative estimate of drug-likeness (QED) is 0.728. The van der Waals surface area contributed by atoms with Crippen molar-refractivity contribution in [3.63, 3.8) is 0 Å². The van der Waals surface area contributed by atoms with E-state index in [0.717, 1.165) is 0 Å². The van der Waals surface area contributed by atoms with E-state index in [2.05, 4.69) is 4.72 Å². The Morgan fingerprint density at radius 1 is 1.19 bits per heavy atom. The molecule has 0 saturated carbocycles. The molecule has 0 fully saturated rings. The van der Waals surface area contributed by atoms with Gasteiger partial charge in [-0.15, -0.1) is 0 Å². The van der Waals surface area contributed by atoms with Crippen LogP contribution < -0.4 is 14.2 Å². The maximum Gasteiger partial charge on any atom is 0.303 e. The number of ether oxygens (including phenoxy) is 2. The molecule has 0 radical (unpaired) electrons. The molecule has 0 spiro atoms. The van der Waals surface area contributed by atoms with Gasteiger partial charge < -0.3 is 14.6 Å². The summed E-state index contributed by atoms with van der Waals surface area (Å²) in [5.41, 5.74) is 0. The standard InChI is InChI=1S/C13H17NO6S/c15-13(16)3-1-2-6-14-21(17,18)10-4-5-11-12(9-10)20-8-7-19-11/h4-5,9,14H,1-3,6-8H2,(H,15,16). The molecule has 116 valence electrons. The van der Waals surface area contributed by atoms with Gasteiger partial charge in [-0.1, -0.05) is 0 Å². The molecule has 2 N–H and O–H groups in total. The molecule has 0 saturated heterocycles. The first kappa shape index (κ1) is 15.6. The highest BCUT2D eigenvalue weighted by atomic mass is 32.2. The molecule has 0 amide bonds. The van der Waals surface area contributed by atoms with Gasteiger partial charge in [0.25, 0.3) is 0 Å². The molecule has 0 unspecified atom stereocenters. The lowest BCUT2D eigenvalue weighted by molar-refractivity contribution is -0.137. The number of benzene rings is 1. The molecule has 1 aliphatic rings. The van der Waals surface area contributed by atoms with E-state index < -0.39 is 16.0 Å². The van der Waals surface area contributed by atoms with E-state index in [1.165, 1.54) is 12.1 Å². The number of unbranched alkanes of at least 4 members (excludes halogenated alkanes) is 1. The first-order chi connectivity index (χ1) is 9.99. The lowest BCUT2D eigenvalue weighted by atomic mass is 10.2. The number of rotatable bonds is 7. The summed E-state index contributed by atoms with van der Waals surface area (Å²) in [7, 11) is -3.63. The molecule has 0 aromatic heterocycles. The average Bonchev–Trinajstić information content (AvgIpc) is 2.46. The predicted molar refractivity (Wildman–Crippen MR) is 74.1 cm³/mol. The van der Waals surface area contributed by atoms with Crippen LogP contribution in [0.25, 0.3) is 0 Å². The molecular weight excluding hydrogens is 298 g/mol. The smallest absolute Gasteiger partial charge is 0.303 e. The van der Waals surface area contributed by atoms with E-state index in [1.807, 2.05) is 0 Å². The summed E-state index contributed by atoms with van der Waals surface area (Å²) in [5, 5.41) is 8.50. The number of carboxylic acids is 1. The van der Waals surface area contributed by atoms with Crippen LogP contribution in [0.3, 0.4) is 0 Å². The molecule has 1 heterocycles. The number of aliphatic carboxylic acids is 1. The summed E-state index contributed by atoms with van der Waals surface area (Å²) in [4.78, 5) is 10.5. The van der Waals surface area contributed by atoms with Crippen LogP contribution in [0.4, 0.5) is 0 Å². The number of sulfonamides is 1. The first-order valence-corrected chi connectivity index (χ1v) is 8.08. The van der Waals surface area contributed by atoms with Crippen molar-refractivity contribution in [1.29, 1.82) is 0 Å². The van der Waals surface area contributed by atoms with Crippen LogP contribution >= 0.6 is 0 Å². The van der Waals surface area contributed by atoms with Crippen molar-refractivity contribution in [3.05, 3.63) is 18.2 Å². The molecule has 0 atom stereocenters. The third kappa shape index (κ3) is 4.33. The Kier molecular flexibility index (Phi) is 5.03.